The van der Waals surface area contributed by atoms with Crippen LogP contribution in [0.2, 0.25) is 0 Å². The molecule has 0 amide bonds. The van der Waals surface area contributed by atoms with Gasteiger partial charge in [-0.15, -0.1) is 24.0 Å². The van der Waals surface area contributed by atoms with E-state index in [1.807, 2.05) is 7.05 Å². The standard InChI is InChI=1S/C16H33N3O2.HI/c1-17-16(19-11-6-12-21-14-13-20-2)18-10-5-9-15-7-3-4-8-15;/h15H,3-14H2,1-2H3,(H2,17,18,19);1H. The monoisotopic (exact) mass is 427 g/mol. The van der Waals surface area contributed by atoms with Crippen molar-refractivity contribution in [1.29, 1.82) is 0 Å². The van der Waals surface area contributed by atoms with Crippen molar-refractivity contribution in [3.05, 3.63) is 0 Å². The highest BCUT2D eigenvalue weighted by Crippen LogP contribution is 2.28. The van der Waals surface area contributed by atoms with Crippen LogP contribution < -0.4 is 10.6 Å². The van der Waals surface area contributed by atoms with Crippen molar-refractivity contribution in [2.75, 3.05) is 47.1 Å². The average molecular weight is 427 g/mol. The van der Waals surface area contributed by atoms with Gasteiger partial charge in [0, 0.05) is 33.9 Å². The van der Waals surface area contributed by atoms with Crippen molar-refractivity contribution >= 4 is 29.9 Å². The van der Waals surface area contributed by atoms with Gasteiger partial charge in [-0.3, -0.25) is 4.99 Å². The SMILES string of the molecule is CN=C(NCCCOCCOC)NCCCC1CCCC1.I. The fourth-order valence-corrected chi connectivity index (χ4v) is 2.74. The summed E-state index contributed by atoms with van der Waals surface area (Å²) in [5, 5.41) is 6.70. The summed E-state index contributed by atoms with van der Waals surface area (Å²) in [7, 11) is 3.51. The molecule has 0 radical (unpaired) electrons. The normalized spacial score (nSPS) is 15.6. The number of halogens is 1. The van der Waals surface area contributed by atoms with E-state index in [1.165, 1.54) is 38.5 Å². The third kappa shape index (κ3) is 11.5. The van der Waals surface area contributed by atoms with Gasteiger partial charge in [-0.1, -0.05) is 25.7 Å². The van der Waals surface area contributed by atoms with Crippen molar-refractivity contribution in [3.8, 4) is 0 Å². The third-order valence-corrected chi connectivity index (χ3v) is 3.97. The number of hydrogen-bond donors (Lipinski definition) is 2. The second-order valence-corrected chi connectivity index (χ2v) is 5.68. The van der Waals surface area contributed by atoms with Crippen LogP contribution >= 0.6 is 24.0 Å². The maximum atomic E-state index is 5.42. The first-order valence-corrected chi connectivity index (χ1v) is 8.38. The first-order valence-electron chi connectivity index (χ1n) is 8.38. The largest absolute Gasteiger partial charge is 0.382 e. The fourth-order valence-electron chi connectivity index (χ4n) is 2.74. The highest BCUT2D eigenvalue weighted by Gasteiger charge is 2.13. The molecule has 0 aromatic carbocycles. The fraction of sp³-hybridized carbons (Fsp3) is 0.938. The lowest BCUT2D eigenvalue weighted by Gasteiger charge is -2.13. The van der Waals surface area contributed by atoms with Crippen LogP contribution in [0, 0.1) is 5.92 Å². The number of methoxy groups -OCH3 is 1. The van der Waals surface area contributed by atoms with Gasteiger partial charge < -0.3 is 20.1 Å². The predicted molar refractivity (Wildman–Crippen MR) is 103 cm³/mol. The minimum Gasteiger partial charge on any atom is -0.382 e. The number of nitrogens with one attached hydrogen (secondary N) is 2. The van der Waals surface area contributed by atoms with Crippen molar-refractivity contribution in [3.63, 3.8) is 0 Å². The lowest BCUT2D eigenvalue weighted by atomic mass is 10.0. The zero-order valence-corrected chi connectivity index (χ0v) is 16.6. The molecule has 0 atom stereocenters. The van der Waals surface area contributed by atoms with E-state index in [9.17, 15) is 0 Å². The maximum Gasteiger partial charge on any atom is 0.190 e. The molecule has 5 nitrogen and oxygen atoms in total. The Morgan fingerprint density at radius 3 is 2.36 bits per heavy atom. The van der Waals surface area contributed by atoms with E-state index in [4.69, 9.17) is 9.47 Å². The number of hydrogen-bond acceptors (Lipinski definition) is 3. The van der Waals surface area contributed by atoms with Crippen LogP contribution in [-0.2, 0) is 9.47 Å². The minimum absolute atomic E-state index is 0. The van der Waals surface area contributed by atoms with Crippen molar-refractivity contribution in [1.82, 2.24) is 10.6 Å². The summed E-state index contributed by atoms with van der Waals surface area (Å²) in [6, 6.07) is 0. The summed E-state index contributed by atoms with van der Waals surface area (Å²) in [6.45, 7) is 3.99. The predicted octanol–water partition coefficient (Wildman–Crippen LogP) is 2.79. The molecule has 0 unspecified atom stereocenters. The number of ether oxygens (including phenoxy) is 2. The van der Waals surface area contributed by atoms with Crippen molar-refractivity contribution in [2.24, 2.45) is 10.9 Å². The summed E-state index contributed by atoms with van der Waals surface area (Å²) < 4.78 is 10.3. The van der Waals surface area contributed by atoms with Gasteiger partial charge in [0.15, 0.2) is 5.96 Å². The summed E-state index contributed by atoms with van der Waals surface area (Å²) in [4.78, 5) is 4.24. The smallest absolute Gasteiger partial charge is 0.190 e. The second kappa shape index (κ2) is 15.8. The quantitative estimate of drug-likeness (QED) is 0.231. The first kappa shape index (κ1) is 21.9. The van der Waals surface area contributed by atoms with Gasteiger partial charge >= 0.3 is 0 Å². The molecule has 0 aliphatic heterocycles. The Morgan fingerprint density at radius 1 is 1.05 bits per heavy atom. The molecule has 6 heteroatoms. The molecule has 1 aliphatic rings. The average Bonchev–Trinajstić information content (AvgIpc) is 3.01. The maximum absolute atomic E-state index is 5.42. The van der Waals surface area contributed by atoms with E-state index in [2.05, 4.69) is 15.6 Å². The Labute approximate surface area is 153 Å². The number of guanidine groups is 1. The van der Waals surface area contributed by atoms with Crippen LogP contribution in [0.1, 0.15) is 44.9 Å². The molecule has 1 fully saturated rings. The molecule has 0 spiro atoms. The second-order valence-electron chi connectivity index (χ2n) is 5.68. The van der Waals surface area contributed by atoms with E-state index in [0.29, 0.717) is 13.2 Å². The molecule has 1 saturated carbocycles. The van der Waals surface area contributed by atoms with E-state index in [1.54, 1.807) is 7.11 Å². The van der Waals surface area contributed by atoms with E-state index >= 15 is 0 Å². The van der Waals surface area contributed by atoms with Gasteiger partial charge in [-0.2, -0.15) is 0 Å². The van der Waals surface area contributed by atoms with Crippen LogP contribution in [0.4, 0.5) is 0 Å². The van der Waals surface area contributed by atoms with Crippen LogP contribution in [-0.4, -0.2) is 53.0 Å². The molecular formula is C16H34IN3O2. The van der Waals surface area contributed by atoms with Gasteiger partial charge in [-0.05, 0) is 25.2 Å². The molecule has 1 rings (SSSR count). The lowest BCUT2D eigenvalue weighted by Crippen LogP contribution is -2.38. The molecule has 0 aromatic heterocycles. The third-order valence-electron chi connectivity index (χ3n) is 3.97. The number of aliphatic imine (C=N–C) groups is 1. The van der Waals surface area contributed by atoms with Gasteiger partial charge in [0.1, 0.15) is 0 Å². The Morgan fingerprint density at radius 2 is 1.73 bits per heavy atom. The summed E-state index contributed by atoms with van der Waals surface area (Å²) in [5.74, 6) is 1.88. The topological polar surface area (TPSA) is 54.9 Å². The zero-order chi connectivity index (χ0) is 15.2. The van der Waals surface area contributed by atoms with E-state index in [-0.39, 0.29) is 24.0 Å². The summed E-state index contributed by atoms with van der Waals surface area (Å²) in [6.07, 6.45) is 9.34. The van der Waals surface area contributed by atoms with E-state index in [0.717, 1.165) is 38.0 Å². The molecule has 22 heavy (non-hydrogen) atoms. The van der Waals surface area contributed by atoms with Gasteiger partial charge in [-0.25, -0.2) is 0 Å². The van der Waals surface area contributed by atoms with Gasteiger partial charge in [0.05, 0.1) is 13.2 Å². The Hall–Kier alpha value is -0.0800. The highest BCUT2D eigenvalue weighted by molar-refractivity contribution is 14.0. The molecule has 1 aliphatic carbocycles. The molecule has 132 valence electrons. The number of nitrogens with zero attached hydrogens (tertiary/aromatic N) is 1. The molecular weight excluding hydrogens is 393 g/mol. The Kier molecular flexibility index (Phi) is 15.7. The summed E-state index contributed by atoms with van der Waals surface area (Å²) in [5.41, 5.74) is 0. The first-order chi connectivity index (χ1) is 10.4. The Balaban J connectivity index is 0.00000441. The van der Waals surface area contributed by atoms with Crippen molar-refractivity contribution in [2.45, 2.75) is 44.9 Å². The summed E-state index contributed by atoms with van der Waals surface area (Å²) >= 11 is 0. The van der Waals surface area contributed by atoms with Crippen LogP contribution in [0.5, 0.6) is 0 Å². The Bertz CT molecular complexity index is 272. The lowest BCUT2D eigenvalue weighted by molar-refractivity contribution is 0.0698. The van der Waals surface area contributed by atoms with Gasteiger partial charge in [0.25, 0.3) is 0 Å². The number of rotatable bonds is 11. The van der Waals surface area contributed by atoms with E-state index < -0.39 is 0 Å². The zero-order valence-electron chi connectivity index (χ0n) is 14.2. The molecule has 0 saturated heterocycles. The molecule has 0 bridgehead atoms. The molecule has 0 aromatic rings. The van der Waals surface area contributed by atoms with Crippen LogP contribution in [0.25, 0.3) is 0 Å². The minimum atomic E-state index is 0. The molecule has 2 N–H and O–H groups in total. The highest BCUT2D eigenvalue weighted by atomic mass is 127. The van der Waals surface area contributed by atoms with Crippen LogP contribution in [0.15, 0.2) is 4.99 Å². The van der Waals surface area contributed by atoms with Crippen molar-refractivity contribution < 1.29 is 9.47 Å². The van der Waals surface area contributed by atoms with Gasteiger partial charge in [0.2, 0.25) is 0 Å². The molecule has 0 heterocycles. The van der Waals surface area contributed by atoms with Crippen LogP contribution in [0.3, 0.4) is 0 Å².